The zero-order chi connectivity index (χ0) is 16.8. The van der Waals surface area contributed by atoms with Crippen molar-refractivity contribution in [2.24, 2.45) is 5.92 Å². The maximum absolute atomic E-state index is 13.5. The van der Waals surface area contributed by atoms with Gasteiger partial charge in [-0.25, -0.2) is 9.18 Å². The summed E-state index contributed by atoms with van der Waals surface area (Å²) in [4.78, 5) is 11.9. The van der Waals surface area contributed by atoms with E-state index in [0.717, 1.165) is 18.1 Å². The largest absolute Gasteiger partial charge is 0.376 e. The molecule has 0 atom stereocenters. The fourth-order valence-corrected chi connectivity index (χ4v) is 2.36. The molecular weight excluding hydrogens is 307 g/mol. The van der Waals surface area contributed by atoms with Crippen molar-refractivity contribution in [1.82, 2.24) is 5.32 Å². The van der Waals surface area contributed by atoms with Crippen LogP contribution >= 0.6 is 0 Å². The maximum atomic E-state index is 13.5. The summed E-state index contributed by atoms with van der Waals surface area (Å²) < 4.78 is 19.2. The van der Waals surface area contributed by atoms with Gasteiger partial charge in [-0.15, -0.1) is 0 Å². The Bertz CT molecular complexity index is 701. The van der Waals surface area contributed by atoms with Gasteiger partial charge >= 0.3 is 6.03 Å². The van der Waals surface area contributed by atoms with Crippen molar-refractivity contribution in [2.75, 3.05) is 11.9 Å². The Morgan fingerprint density at radius 3 is 2.79 bits per heavy atom. The first-order chi connectivity index (χ1) is 11.7. The molecule has 1 fully saturated rings. The van der Waals surface area contributed by atoms with Crippen molar-refractivity contribution in [1.29, 1.82) is 0 Å². The topological polar surface area (TPSA) is 50.4 Å². The van der Waals surface area contributed by atoms with E-state index >= 15 is 0 Å². The summed E-state index contributed by atoms with van der Waals surface area (Å²) >= 11 is 0. The van der Waals surface area contributed by atoms with Crippen LogP contribution in [0.4, 0.5) is 14.9 Å². The molecule has 0 radical (unpaired) electrons. The minimum absolute atomic E-state index is 0.142. The fraction of sp³-hybridized carbons (Fsp3) is 0.316. The van der Waals surface area contributed by atoms with Gasteiger partial charge in [0.15, 0.2) is 0 Å². The Morgan fingerprint density at radius 2 is 2.00 bits per heavy atom. The highest BCUT2D eigenvalue weighted by atomic mass is 19.1. The molecule has 0 heterocycles. The zero-order valence-corrected chi connectivity index (χ0v) is 13.4. The van der Waals surface area contributed by atoms with Crippen LogP contribution in [0.25, 0.3) is 0 Å². The van der Waals surface area contributed by atoms with E-state index in [9.17, 15) is 9.18 Å². The van der Waals surface area contributed by atoms with Crippen molar-refractivity contribution in [3.63, 3.8) is 0 Å². The van der Waals surface area contributed by atoms with E-state index in [1.165, 1.54) is 18.9 Å². The quantitative estimate of drug-likeness (QED) is 0.805. The van der Waals surface area contributed by atoms with Gasteiger partial charge in [0.05, 0.1) is 6.61 Å². The maximum Gasteiger partial charge on any atom is 0.319 e. The number of ether oxygens (including phenoxy) is 1. The number of halogens is 1. The van der Waals surface area contributed by atoms with Crippen LogP contribution in [0.3, 0.4) is 0 Å². The Hall–Kier alpha value is -2.40. The second-order valence-electron chi connectivity index (χ2n) is 6.06. The Labute approximate surface area is 141 Å². The van der Waals surface area contributed by atoms with E-state index in [2.05, 4.69) is 10.6 Å². The van der Waals surface area contributed by atoms with E-state index in [-0.39, 0.29) is 18.4 Å². The van der Waals surface area contributed by atoms with Crippen molar-refractivity contribution in [3.05, 3.63) is 65.5 Å². The highest BCUT2D eigenvalue weighted by molar-refractivity contribution is 5.89. The van der Waals surface area contributed by atoms with Crippen LogP contribution in [0.15, 0.2) is 48.5 Å². The number of rotatable bonds is 7. The molecule has 3 rings (SSSR count). The van der Waals surface area contributed by atoms with Crippen LogP contribution in [-0.2, 0) is 17.9 Å². The molecule has 0 unspecified atom stereocenters. The fourth-order valence-electron chi connectivity index (χ4n) is 2.36. The lowest BCUT2D eigenvalue weighted by molar-refractivity contribution is 0.111. The Kier molecular flexibility index (Phi) is 5.43. The van der Waals surface area contributed by atoms with Gasteiger partial charge in [-0.1, -0.05) is 30.3 Å². The lowest BCUT2D eigenvalue weighted by atomic mass is 10.2. The number of amides is 2. The third kappa shape index (κ3) is 5.06. The van der Waals surface area contributed by atoms with Crippen LogP contribution in [0, 0.1) is 11.7 Å². The van der Waals surface area contributed by atoms with E-state index in [1.807, 2.05) is 24.3 Å². The summed E-state index contributed by atoms with van der Waals surface area (Å²) in [5, 5.41) is 5.41. The summed E-state index contributed by atoms with van der Waals surface area (Å²) in [6.07, 6.45) is 2.54. The van der Waals surface area contributed by atoms with E-state index in [1.54, 1.807) is 18.2 Å². The molecule has 2 amide bonds. The van der Waals surface area contributed by atoms with Gasteiger partial charge in [-0.3, -0.25) is 0 Å². The second-order valence-corrected chi connectivity index (χ2v) is 6.06. The molecule has 2 N–H and O–H groups in total. The molecule has 1 aliphatic carbocycles. The smallest absolute Gasteiger partial charge is 0.319 e. The lowest BCUT2D eigenvalue weighted by Crippen LogP contribution is -2.28. The molecule has 1 aliphatic rings. The molecule has 0 saturated heterocycles. The number of hydrogen-bond acceptors (Lipinski definition) is 2. The first-order valence-electron chi connectivity index (χ1n) is 8.15. The number of nitrogens with one attached hydrogen (secondary N) is 2. The second kappa shape index (κ2) is 7.93. The average Bonchev–Trinajstić information content (AvgIpc) is 3.39. The molecule has 126 valence electrons. The summed E-state index contributed by atoms with van der Waals surface area (Å²) in [6.45, 7) is 1.49. The number of benzene rings is 2. The summed E-state index contributed by atoms with van der Waals surface area (Å²) in [7, 11) is 0. The van der Waals surface area contributed by atoms with Gasteiger partial charge in [0, 0.05) is 24.4 Å². The molecule has 0 bridgehead atoms. The monoisotopic (exact) mass is 328 g/mol. The van der Waals surface area contributed by atoms with Crippen molar-refractivity contribution >= 4 is 11.7 Å². The van der Waals surface area contributed by atoms with Gasteiger partial charge in [0.25, 0.3) is 0 Å². The summed E-state index contributed by atoms with van der Waals surface area (Å²) in [5.41, 5.74) is 2.16. The van der Waals surface area contributed by atoms with Gasteiger partial charge in [0.1, 0.15) is 5.82 Å². The van der Waals surface area contributed by atoms with Crippen molar-refractivity contribution in [3.8, 4) is 0 Å². The predicted molar refractivity (Wildman–Crippen MR) is 91.1 cm³/mol. The van der Waals surface area contributed by atoms with Gasteiger partial charge in [-0.2, -0.15) is 0 Å². The first kappa shape index (κ1) is 16.5. The molecule has 5 heteroatoms. The molecule has 1 saturated carbocycles. The van der Waals surface area contributed by atoms with Crippen LogP contribution in [-0.4, -0.2) is 12.6 Å². The normalized spacial score (nSPS) is 13.5. The molecule has 2 aromatic rings. The highest BCUT2D eigenvalue weighted by Crippen LogP contribution is 2.29. The Morgan fingerprint density at radius 1 is 1.17 bits per heavy atom. The van der Waals surface area contributed by atoms with Crippen LogP contribution in [0.1, 0.15) is 24.0 Å². The third-order valence-electron chi connectivity index (χ3n) is 3.90. The van der Waals surface area contributed by atoms with E-state index in [0.29, 0.717) is 17.9 Å². The van der Waals surface area contributed by atoms with E-state index in [4.69, 9.17) is 4.74 Å². The summed E-state index contributed by atoms with van der Waals surface area (Å²) in [6, 6.07) is 13.6. The minimum atomic E-state index is -0.366. The molecule has 0 spiro atoms. The number of carbonyl (C=O) groups is 1. The summed E-state index contributed by atoms with van der Waals surface area (Å²) in [5.74, 6) is 0.406. The van der Waals surface area contributed by atoms with Gasteiger partial charge in [-0.05, 0) is 42.5 Å². The molecule has 2 aromatic carbocycles. The van der Waals surface area contributed by atoms with E-state index < -0.39 is 0 Å². The van der Waals surface area contributed by atoms with Gasteiger partial charge < -0.3 is 15.4 Å². The number of urea groups is 1. The average molecular weight is 328 g/mol. The first-order valence-corrected chi connectivity index (χ1v) is 8.15. The van der Waals surface area contributed by atoms with Crippen molar-refractivity contribution in [2.45, 2.75) is 26.0 Å². The molecule has 4 nitrogen and oxygen atoms in total. The standard InChI is InChI=1S/C19H21FN2O2/c20-18-7-2-1-5-16(18)11-21-19(23)22-17-6-3-4-15(10-17)13-24-12-14-8-9-14/h1-7,10,14H,8-9,11-13H2,(H2,21,22,23). The highest BCUT2D eigenvalue weighted by Gasteiger charge is 2.21. The van der Waals surface area contributed by atoms with Crippen LogP contribution in [0.2, 0.25) is 0 Å². The number of hydrogen-bond donors (Lipinski definition) is 2. The molecule has 0 aliphatic heterocycles. The minimum Gasteiger partial charge on any atom is -0.376 e. The van der Waals surface area contributed by atoms with Crippen LogP contribution < -0.4 is 10.6 Å². The zero-order valence-electron chi connectivity index (χ0n) is 13.4. The molecular formula is C19H21FN2O2. The lowest BCUT2D eigenvalue weighted by Gasteiger charge is -2.10. The third-order valence-corrected chi connectivity index (χ3v) is 3.90. The predicted octanol–water partition coefficient (Wildman–Crippen LogP) is 4.07. The Balaban J connectivity index is 1.47. The van der Waals surface area contributed by atoms with Crippen molar-refractivity contribution < 1.29 is 13.9 Å². The number of anilines is 1. The number of carbonyl (C=O) groups excluding carboxylic acids is 1. The molecule has 24 heavy (non-hydrogen) atoms. The van der Waals surface area contributed by atoms with Gasteiger partial charge in [0.2, 0.25) is 0 Å². The SMILES string of the molecule is O=C(NCc1ccccc1F)Nc1cccc(COCC2CC2)c1. The van der Waals surface area contributed by atoms with Crippen LogP contribution in [0.5, 0.6) is 0 Å². The molecule has 0 aromatic heterocycles.